The molecule has 0 aromatic rings. The van der Waals surface area contributed by atoms with E-state index in [1.54, 1.807) is 0 Å². The van der Waals surface area contributed by atoms with Crippen LogP contribution in [-0.4, -0.2) is 22.2 Å². The van der Waals surface area contributed by atoms with Crippen LogP contribution in [0.5, 0.6) is 0 Å². The lowest BCUT2D eigenvalue weighted by Crippen LogP contribution is -1.93. The standard InChI is InChI=1S/C32H54O4/c33-31(34)29-27-25-23-21-19-17-15-13-11-9-7-5-3-1-2-4-6-8-10-12-14-16-18-20-22-24-26-28-30-32(35)36/h5-30H2,(H,33,34)(H,35,36). The Morgan fingerprint density at radius 2 is 0.583 bits per heavy atom. The number of carboxylic acid groups (broad SMARTS) is 2. The summed E-state index contributed by atoms with van der Waals surface area (Å²) in [5.74, 6) is 11.1. The van der Waals surface area contributed by atoms with Gasteiger partial charge in [0, 0.05) is 25.7 Å². The average Bonchev–Trinajstić information content (AvgIpc) is 2.85. The minimum Gasteiger partial charge on any atom is -0.481 e. The molecular formula is C32H54O4. The highest BCUT2D eigenvalue weighted by Crippen LogP contribution is 2.13. The van der Waals surface area contributed by atoms with Crippen molar-refractivity contribution < 1.29 is 19.8 Å². The molecule has 0 saturated carbocycles. The van der Waals surface area contributed by atoms with Gasteiger partial charge in [0.2, 0.25) is 0 Å². The van der Waals surface area contributed by atoms with Gasteiger partial charge in [-0.2, -0.15) is 0 Å². The van der Waals surface area contributed by atoms with E-state index < -0.39 is 11.9 Å². The SMILES string of the molecule is O=C(O)CCCCCCCCCCCCCC#CC#CCCCCCCCCCCCCCC(=O)O. The molecular weight excluding hydrogens is 448 g/mol. The number of hydrogen-bond donors (Lipinski definition) is 2. The normalized spacial score (nSPS) is 10.3. The highest BCUT2D eigenvalue weighted by molar-refractivity contribution is 5.66. The number of hydrogen-bond acceptors (Lipinski definition) is 2. The summed E-state index contributed by atoms with van der Waals surface area (Å²) in [5.41, 5.74) is 0. The van der Waals surface area contributed by atoms with Crippen LogP contribution in [0.25, 0.3) is 0 Å². The second-order valence-electron chi connectivity index (χ2n) is 10.2. The summed E-state index contributed by atoms with van der Waals surface area (Å²) in [6.07, 6.45) is 29.2. The summed E-state index contributed by atoms with van der Waals surface area (Å²) in [6.45, 7) is 0. The minimum absolute atomic E-state index is 0.320. The molecule has 0 unspecified atom stereocenters. The molecule has 0 fully saturated rings. The van der Waals surface area contributed by atoms with E-state index in [1.165, 1.54) is 116 Å². The quantitative estimate of drug-likeness (QED) is 0.0912. The molecule has 0 aliphatic carbocycles. The third kappa shape index (κ3) is 32.1. The zero-order chi connectivity index (χ0) is 26.4. The molecule has 4 heteroatoms. The van der Waals surface area contributed by atoms with Gasteiger partial charge in [-0.05, 0) is 37.5 Å². The van der Waals surface area contributed by atoms with Gasteiger partial charge in [0.05, 0.1) is 0 Å². The summed E-state index contributed by atoms with van der Waals surface area (Å²) in [6, 6.07) is 0. The van der Waals surface area contributed by atoms with Crippen LogP contribution in [0.15, 0.2) is 0 Å². The second-order valence-corrected chi connectivity index (χ2v) is 10.2. The molecule has 0 aliphatic rings. The third-order valence-electron chi connectivity index (χ3n) is 6.62. The van der Waals surface area contributed by atoms with E-state index in [1.807, 2.05) is 0 Å². The molecule has 36 heavy (non-hydrogen) atoms. The number of carboxylic acids is 2. The zero-order valence-corrected chi connectivity index (χ0v) is 23.1. The van der Waals surface area contributed by atoms with Crippen molar-refractivity contribution in [3.05, 3.63) is 0 Å². The summed E-state index contributed by atoms with van der Waals surface area (Å²) >= 11 is 0. The maximum Gasteiger partial charge on any atom is 0.303 e. The van der Waals surface area contributed by atoms with Gasteiger partial charge in [-0.3, -0.25) is 9.59 Å². The van der Waals surface area contributed by atoms with Gasteiger partial charge < -0.3 is 10.2 Å². The molecule has 206 valence electrons. The van der Waals surface area contributed by atoms with E-state index >= 15 is 0 Å². The van der Waals surface area contributed by atoms with E-state index in [2.05, 4.69) is 23.7 Å². The molecule has 2 N–H and O–H groups in total. The Morgan fingerprint density at radius 3 is 0.833 bits per heavy atom. The largest absolute Gasteiger partial charge is 0.481 e. The lowest BCUT2D eigenvalue weighted by atomic mass is 10.0. The van der Waals surface area contributed by atoms with Crippen molar-refractivity contribution in [3.8, 4) is 23.7 Å². The minimum atomic E-state index is -0.672. The molecule has 0 aromatic heterocycles. The van der Waals surface area contributed by atoms with Crippen LogP contribution in [0.4, 0.5) is 0 Å². The van der Waals surface area contributed by atoms with Crippen LogP contribution in [-0.2, 0) is 9.59 Å². The molecule has 0 heterocycles. The first-order valence-corrected chi connectivity index (χ1v) is 15.0. The lowest BCUT2D eigenvalue weighted by Gasteiger charge is -2.02. The monoisotopic (exact) mass is 502 g/mol. The first-order valence-electron chi connectivity index (χ1n) is 15.0. The highest BCUT2D eigenvalue weighted by Gasteiger charge is 1.98. The first-order chi connectivity index (χ1) is 17.6. The molecule has 4 nitrogen and oxygen atoms in total. The van der Waals surface area contributed by atoms with Crippen molar-refractivity contribution in [2.75, 3.05) is 0 Å². The van der Waals surface area contributed by atoms with Gasteiger partial charge >= 0.3 is 11.9 Å². The van der Waals surface area contributed by atoms with Gasteiger partial charge in [0.1, 0.15) is 0 Å². The fourth-order valence-electron chi connectivity index (χ4n) is 4.37. The van der Waals surface area contributed by atoms with E-state index in [9.17, 15) is 9.59 Å². The number of unbranched alkanes of at least 4 members (excludes halogenated alkanes) is 22. The maximum atomic E-state index is 10.4. The van der Waals surface area contributed by atoms with Crippen molar-refractivity contribution in [2.45, 2.75) is 167 Å². The van der Waals surface area contributed by atoms with Gasteiger partial charge in [0.25, 0.3) is 0 Å². The van der Waals surface area contributed by atoms with Gasteiger partial charge in [-0.1, -0.05) is 127 Å². The van der Waals surface area contributed by atoms with Gasteiger partial charge in [-0.25, -0.2) is 0 Å². The second kappa shape index (κ2) is 29.3. The van der Waals surface area contributed by atoms with E-state index in [4.69, 9.17) is 10.2 Å². The van der Waals surface area contributed by atoms with Gasteiger partial charge in [0.15, 0.2) is 0 Å². The number of aliphatic carboxylic acids is 2. The molecule has 0 atom stereocenters. The molecule has 0 amide bonds. The Kier molecular flexibility index (Phi) is 27.7. The molecule has 0 saturated heterocycles. The Morgan fingerprint density at radius 1 is 0.361 bits per heavy atom. The number of carbonyl (C=O) groups is 2. The van der Waals surface area contributed by atoms with Crippen LogP contribution in [0.2, 0.25) is 0 Å². The first kappa shape index (κ1) is 34.1. The molecule has 0 aliphatic heterocycles. The predicted octanol–water partition coefficient (Wildman–Crippen LogP) is 9.31. The smallest absolute Gasteiger partial charge is 0.303 e. The zero-order valence-electron chi connectivity index (χ0n) is 23.1. The topological polar surface area (TPSA) is 74.6 Å². The summed E-state index contributed by atoms with van der Waals surface area (Å²) < 4.78 is 0. The van der Waals surface area contributed by atoms with E-state index in [0.29, 0.717) is 12.8 Å². The molecule has 0 bridgehead atoms. The molecule has 0 rings (SSSR count). The number of rotatable bonds is 26. The van der Waals surface area contributed by atoms with E-state index in [0.717, 1.165) is 38.5 Å². The van der Waals surface area contributed by atoms with Crippen LogP contribution in [0, 0.1) is 23.7 Å². The van der Waals surface area contributed by atoms with E-state index in [-0.39, 0.29) is 0 Å². The van der Waals surface area contributed by atoms with Crippen LogP contribution >= 0.6 is 0 Å². The fourth-order valence-corrected chi connectivity index (χ4v) is 4.37. The highest BCUT2D eigenvalue weighted by atomic mass is 16.4. The Bertz CT molecular complexity index is 576. The lowest BCUT2D eigenvalue weighted by molar-refractivity contribution is -0.138. The van der Waals surface area contributed by atoms with Crippen molar-refractivity contribution in [3.63, 3.8) is 0 Å². The third-order valence-corrected chi connectivity index (χ3v) is 6.62. The van der Waals surface area contributed by atoms with Gasteiger partial charge in [-0.15, -0.1) is 0 Å². The molecule has 0 aromatic carbocycles. The molecule has 0 spiro atoms. The van der Waals surface area contributed by atoms with Crippen LogP contribution < -0.4 is 0 Å². The Labute approximate surface area is 222 Å². The molecule has 0 radical (unpaired) electrons. The predicted molar refractivity (Wildman–Crippen MR) is 151 cm³/mol. The summed E-state index contributed by atoms with van der Waals surface area (Å²) in [7, 11) is 0. The van der Waals surface area contributed by atoms with Crippen LogP contribution in [0.1, 0.15) is 167 Å². The fraction of sp³-hybridized carbons (Fsp3) is 0.812. The van der Waals surface area contributed by atoms with Crippen molar-refractivity contribution >= 4 is 11.9 Å². The van der Waals surface area contributed by atoms with Crippen molar-refractivity contribution in [1.29, 1.82) is 0 Å². The Balaban J connectivity index is 3.23. The van der Waals surface area contributed by atoms with Crippen molar-refractivity contribution in [1.82, 2.24) is 0 Å². The maximum absolute atomic E-state index is 10.4. The summed E-state index contributed by atoms with van der Waals surface area (Å²) in [5, 5.41) is 17.2. The van der Waals surface area contributed by atoms with Crippen molar-refractivity contribution in [2.24, 2.45) is 0 Å². The van der Waals surface area contributed by atoms with Crippen LogP contribution in [0.3, 0.4) is 0 Å². The average molecular weight is 503 g/mol. The Hall–Kier alpha value is -1.94. The summed E-state index contributed by atoms with van der Waals surface area (Å²) in [4.78, 5) is 20.9.